The lowest BCUT2D eigenvalue weighted by Gasteiger charge is -2.45. The third-order valence-corrected chi connectivity index (χ3v) is 17.2. The van der Waals surface area contributed by atoms with Gasteiger partial charge in [-0.25, -0.2) is 22.5 Å². The van der Waals surface area contributed by atoms with Crippen molar-refractivity contribution in [2.75, 3.05) is 6.54 Å². The quantitative estimate of drug-likeness (QED) is 0.126. The molecule has 1 unspecified atom stereocenters. The first kappa shape index (κ1) is 39.8. The molecule has 1 aliphatic heterocycles. The van der Waals surface area contributed by atoms with Gasteiger partial charge in [-0.15, -0.1) is 0 Å². The summed E-state index contributed by atoms with van der Waals surface area (Å²) in [5.41, 5.74) is -4.29. The minimum absolute atomic E-state index is 0.0153. The van der Waals surface area contributed by atoms with Crippen molar-refractivity contribution in [1.82, 2.24) is 9.62 Å². The molecule has 4 aromatic carbocycles. The highest BCUT2D eigenvalue weighted by molar-refractivity contribution is 7.91. The molecule has 4 aromatic rings. The van der Waals surface area contributed by atoms with Crippen molar-refractivity contribution in [2.45, 2.75) is 88.5 Å². The molecule has 1 heterocycles. The molecule has 54 heavy (non-hydrogen) atoms. The maximum absolute atomic E-state index is 16.3. The van der Waals surface area contributed by atoms with Gasteiger partial charge in [-0.05, 0) is 76.8 Å². The number of nitrogens with zero attached hydrogens (tertiary/aromatic N) is 1. The molecule has 1 saturated heterocycles. The lowest BCUT2D eigenvalue weighted by Crippen LogP contribution is -2.68. The third kappa shape index (κ3) is 7.78. The van der Waals surface area contributed by atoms with Gasteiger partial charge in [0.25, 0.3) is 8.32 Å². The largest absolute Gasteiger partial charge is 0.492 e. The van der Waals surface area contributed by atoms with Crippen LogP contribution in [0, 0.1) is 29.3 Å². The Kier molecular flexibility index (Phi) is 11.3. The number of nitrogens with one attached hydrogen (secondary N) is 2. The minimum Gasteiger partial charge on any atom is -0.404 e. The lowest BCUT2D eigenvalue weighted by molar-refractivity contribution is -0.138. The fraction of sp³-hybridized carbons (Fsp3) is 0.390. The molecule has 2 fully saturated rings. The van der Waals surface area contributed by atoms with Gasteiger partial charge in [-0.3, -0.25) is 4.79 Å². The third-order valence-electron chi connectivity index (χ3n) is 10.8. The summed E-state index contributed by atoms with van der Waals surface area (Å²) >= 11 is 0. The first-order valence-electron chi connectivity index (χ1n) is 18.2. The molecule has 6 rings (SSSR count). The SMILES string of the molecule is Cc1cc(F)cc(-c2cccc(C[C@H]3[C@@H](NS(=N)(=O)C(F)(F)F)CCN3C(=O)[C@@H]3CCC[C@H]3O[Si](c3ccccc3)(c3ccccc3)C(C)(C)C)c2F)c1. The van der Waals surface area contributed by atoms with Gasteiger partial charge in [-0.2, -0.15) is 13.2 Å². The second kappa shape index (κ2) is 15.3. The summed E-state index contributed by atoms with van der Waals surface area (Å²) in [5.74, 6) is -2.21. The van der Waals surface area contributed by atoms with E-state index in [0.29, 0.717) is 30.4 Å². The zero-order valence-corrected chi connectivity index (χ0v) is 32.6. The van der Waals surface area contributed by atoms with Gasteiger partial charge >= 0.3 is 5.51 Å². The number of hydrogen-bond acceptors (Lipinski definition) is 4. The predicted octanol–water partition coefficient (Wildman–Crippen LogP) is 8.27. The number of likely N-dealkylation sites (tertiary alicyclic amines) is 1. The van der Waals surface area contributed by atoms with Gasteiger partial charge in [0.05, 0.1) is 18.1 Å². The van der Waals surface area contributed by atoms with E-state index in [4.69, 9.17) is 9.21 Å². The summed E-state index contributed by atoms with van der Waals surface area (Å²) < 4.78 is 102. The maximum atomic E-state index is 16.3. The Bertz CT molecular complexity index is 2020. The van der Waals surface area contributed by atoms with Crippen LogP contribution in [0.2, 0.25) is 5.04 Å². The summed E-state index contributed by atoms with van der Waals surface area (Å²) in [6.45, 7) is 8.13. The molecule has 288 valence electrons. The van der Waals surface area contributed by atoms with E-state index in [1.807, 2.05) is 41.1 Å². The molecule has 2 N–H and O–H groups in total. The van der Waals surface area contributed by atoms with Crippen LogP contribution < -0.4 is 15.1 Å². The number of halogens is 5. The molecule has 1 saturated carbocycles. The summed E-state index contributed by atoms with van der Waals surface area (Å²) in [7, 11) is -8.39. The van der Waals surface area contributed by atoms with Gasteiger partial charge in [0.1, 0.15) is 11.6 Å². The highest BCUT2D eigenvalue weighted by atomic mass is 32.2. The van der Waals surface area contributed by atoms with Crippen LogP contribution in [0.5, 0.6) is 0 Å². The van der Waals surface area contributed by atoms with Crippen LogP contribution in [-0.2, 0) is 25.6 Å². The molecule has 5 atom stereocenters. The molecule has 0 radical (unpaired) electrons. The van der Waals surface area contributed by atoms with Crippen LogP contribution in [0.25, 0.3) is 11.1 Å². The molecule has 1 aliphatic carbocycles. The van der Waals surface area contributed by atoms with Gasteiger partial charge in [0.15, 0.2) is 0 Å². The van der Waals surface area contributed by atoms with Gasteiger partial charge in [0, 0.05) is 18.2 Å². The van der Waals surface area contributed by atoms with Crippen molar-refractivity contribution in [3.8, 4) is 11.1 Å². The number of carbonyl (C=O) groups excluding carboxylic acids is 1. The van der Waals surface area contributed by atoms with Gasteiger partial charge < -0.3 is 9.33 Å². The summed E-state index contributed by atoms with van der Waals surface area (Å²) in [6.07, 6.45) is 1.02. The van der Waals surface area contributed by atoms with E-state index >= 15 is 4.39 Å². The Morgan fingerprint density at radius 1 is 0.907 bits per heavy atom. The average Bonchev–Trinajstić information content (AvgIpc) is 3.73. The average molecular weight is 784 g/mol. The van der Waals surface area contributed by atoms with Crippen LogP contribution in [0.3, 0.4) is 0 Å². The number of rotatable bonds is 10. The van der Waals surface area contributed by atoms with Crippen molar-refractivity contribution >= 4 is 34.5 Å². The van der Waals surface area contributed by atoms with Crippen LogP contribution >= 0.6 is 0 Å². The molecular formula is C41H46F5N3O3SSi. The Hall–Kier alpha value is -3.91. The number of benzene rings is 4. The Labute approximate surface area is 315 Å². The Morgan fingerprint density at radius 2 is 1.54 bits per heavy atom. The molecule has 0 spiro atoms. The predicted molar refractivity (Wildman–Crippen MR) is 204 cm³/mol. The topological polar surface area (TPSA) is 82.5 Å². The first-order valence-corrected chi connectivity index (χ1v) is 21.7. The van der Waals surface area contributed by atoms with Crippen LogP contribution in [-0.4, -0.2) is 53.6 Å². The fourth-order valence-electron chi connectivity index (χ4n) is 8.36. The van der Waals surface area contributed by atoms with Gasteiger partial charge in [0.2, 0.25) is 15.8 Å². The zero-order chi connectivity index (χ0) is 39.1. The molecule has 6 nitrogen and oxygen atoms in total. The number of alkyl halides is 3. The fourth-order valence-corrected chi connectivity index (χ4v) is 13.9. The first-order chi connectivity index (χ1) is 25.4. The van der Waals surface area contributed by atoms with Crippen molar-refractivity contribution in [3.05, 3.63) is 120 Å². The van der Waals surface area contributed by atoms with Gasteiger partial charge in [-0.1, -0.05) is 112 Å². The molecular weight excluding hydrogens is 738 g/mol. The molecule has 1 amide bonds. The van der Waals surface area contributed by atoms with E-state index in [9.17, 15) is 26.6 Å². The van der Waals surface area contributed by atoms with Crippen molar-refractivity contribution in [2.24, 2.45) is 5.92 Å². The number of carbonyl (C=O) groups is 1. The summed E-state index contributed by atoms with van der Waals surface area (Å²) in [4.78, 5) is 16.3. The van der Waals surface area contributed by atoms with Crippen LogP contribution in [0.4, 0.5) is 22.0 Å². The molecule has 0 aromatic heterocycles. The second-order valence-electron chi connectivity index (χ2n) is 15.5. The van der Waals surface area contributed by atoms with Crippen molar-refractivity contribution in [3.63, 3.8) is 0 Å². The number of amides is 1. The number of hydrogen-bond donors (Lipinski definition) is 2. The summed E-state index contributed by atoms with van der Waals surface area (Å²) in [5, 5.41) is 1.73. The lowest BCUT2D eigenvalue weighted by atomic mass is 9.94. The monoisotopic (exact) mass is 783 g/mol. The molecule has 0 bridgehead atoms. The minimum atomic E-state index is -5.37. The summed E-state index contributed by atoms with van der Waals surface area (Å²) in [6, 6.07) is 26.5. The second-order valence-corrected chi connectivity index (χ2v) is 21.5. The standard InChI is InChI=1S/C41H46F5N3O3SSi/c1-27-23-29(25-30(42)24-27)33-18-11-13-28(38(33)43)26-36-35(48-53(47,51)41(44,45)46)21-22-49(36)39(50)34-19-12-20-37(34)52-54(40(2,3)4,31-14-7-5-8-15-31)32-16-9-6-10-17-32/h5-11,13-18,23-25,34-37H,12,19-22,26H2,1-4H3,(H2,47,48,51)/t34-,35+,36+,37-,53?/m1/s1. The van der Waals surface area contributed by atoms with Crippen LogP contribution in [0.1, 0.15) is 57.6 Å². The molecule has 13 heteroatoms. The van der Waals surface area contributed by atoms with Crippen molar-refractivity contribution in [1.29, 1.82) is 4.78 Å². The van der Waals surface area contributed by atoms with Crippen LogP contribution in [0.15, 0.2) is 97.1 Å². The normalized spacial score (nSPS) is 22.0. The van der Waals surface area contributed by atoms with E-state index < -0.39 is 59.5 Å². The smallest absolute Gasteiger partial charge is 0.404 e. The van der Waals surface area contributed by atoms with E-state index in [-0.39, 0.29) is 41.5 Å². The Balaban J connectivity index is 1.37. The Morgan fingerprint density at radius 3 is 2.11 bits per heavy atom. The zero-order valence-electron chi connectivity index (χ0n) is 30.8. The van der Waals surface area contributed by atoms with Crippen molar-refractivity contribution < 1.29 is 35.4 Å². The number of aryl methyl sites for hydroxylation is 1. The molecule has 2 aliphatic rings. The highest BCUT2D eigenvalue weighted by Gasteiger charge is 2.54. The van der Waals surface area contributed by atoms with E-state index in [1.54, 1.807) is 19.1 Å². The van der Waals surface area contributed by atoms with E-state index in [1.165, 1.54) is 29.2 Å². The van der Waals surface area contributed by atoms with E-state index in [2.05, 4.69) is 45.0 Å². The van der Waals surface area contributed by atoms with E-state index in [0.717, 1.165) is 10.4 Å². The highest BCUT2D eigenvalue weighted by Crippen LogP contribution is 2.42. The maximum Gasteiger partial charge on any atom is 0.492 e.